The third-order valence-electron chi connectivity index (χ3n) is 6.55. The minimum absolute atomic E-state index is 0.0374. The van der Waals surface area contributed by atoms with Crippen LogP contribution in [0.1, 0.15) is 73.4 Å². The van der Waals surface area contributed by atoms with Crippen molar-refractivity contribution in [1.29, 1.82) is 0 Å². The van der Waals surface area contributed by atoms with Crippen LogP contribution in [0.4, 0.5) is 13.2 Å². The Morgan fingerprint density at radius 2 is 1.76 bits per heavy atom. The third kappa shape index (κ3) is 9.73. The summed E-state index contributed by atoms with van der Waals surface area (Å²) >= 11 is 1.32. The number of hydrogen-bond donors (Lipinski definition) is 2. The number of amides is 2. The fourth-order valence-corrected chi connectivity index (χ4v) is 5.36. The minimum Gasteiger partial charge on any atom is -0.408 e. The molecule has 10 nitrogen and oxygen atoms in total. The van der Waals surface area contributed by atoms with Gasteiger partial charge in [0.1, 0.15) is 11.3 Å². The second-order valence-electron chi connectivity index (χ2n) is 10.7. The SMILES string of the molecule is CC(C)CC(NC(=O)C1(NC(=O)c2ccc(OC(F)(F)F)cc2)CCCCC1)C(=O)c1nnc(SCCN(C)C)o1. The summed E-state index contributed by atoms with van der Waals surface area (Å²) in [6.45, 7) is 4.60. The standard InChI is InChI=1S/C27H36F3N5O5S/c1-17(2)16-20(21(36)23-33-34-25(39-23)41-15-14-35(3)4)31-24(38)26(12-6-5-7-13-26)32-22(37)18-8-10-19(11-9-18)40-27(28,29)30/h8-11,17,20H,5-7,12-16H2,1-4H3,(H,31,38)(H,32,37). The number of aromatic nitrogens is 2. The summed E-state index contributed by atoms with van der Waals surface area (Å²) in [5.41, 5.74) is -1.23. The maximum Gasteiger partial charge on any atom is 0.573 e. The smallest absolute Gasteiger partial charge is 0.408 e. The molecule has 2 N–H and O–H groups in total. The Morgan fingerprint density at radius 3 is 2.34 bits per heavy atom. The molecule has 0 bridgehead atoms. The number of hydrogen-bond acceptors (Lipinski definition) is 9. The van der Waals surface area contributed by atoms with E-state index in [4.69, 9.17) is 4.42 Å². The number of ketones is 1. The summed E-state index contributed by atoms with van der Waals surface area (Å²) in [6.07, 6.45) is -1.64. The normalized spacial score (nSPS) is 15.9. The molecule has 41 heavy (non-hydrogen) atoms. The van der Waals surface area contributed by atoms with Crippen LogP contribution in [0.5, 0.6) is 5.75 Å². The summed E-state index contributed by atoms with van der Waals surface area (Å²) in [5, 5.41) is 13.7. The van der Waals surface area contributed by atoms with Gasteiger partial charge in [-0.15, -0.1) is 23.4 Å². The van der Waals surface area contributed by atoms with Crippen molar-refractivity contribution < 1.29 is 36.7 Å². The number of alkyl halides is 3. The van der Waals surface area contributed by atoms with Gasteiger partial charge in [0.25, 0.3) is 17.0 Å². The van der Waals surface area contributed by atoms with Crippen molar-refractivity contribution in [2.24, 2.45) is 5.92 Å². The third-order valence-corrected chi connectivity index (χ3v) is 7.35. The zero-order valence-corrected chi connectivity index (χ0v) is 24.4. The summed E-state index contributed by atoms with van der Waals surface area (Å²) in [5.74, 6) is -1.59. The lowest BCUT2D eigenvalue weighted by molar-refractivity contribution is -0.274. The van der Waals surface area contributed by atoms with Crippen molar-refractivity contribution in [3.8, 4) is 5.75 Å². The Kier molecular flexibility index (Phi) is 11.2. The Balaban J connectivity index is 1.75. The molecular weight excluding hydrogens is 563 g/mol. The molecule has 0 spiro atoms. The van der Waals surface area contributed by atoms with Gasteiger partial charge in [0.05, 0.1) is 6.04 Å². The Labute approximate surface area is 241 Å². The van der Waals surface area contributed by atoms with Crippen molar-refractivity contribution in [2.75, 3.05) is 26.4 Å². The molecule has 3 rings (SSSR count). The Bertz CT molecular complexity index is 1180. The molecule has 1 fully saturated rings. The molecule has 1 unspecified atom stereocenters. The van der Waals surface area contributed by atoms with E-state index in [1.807, 2.05) is 32.8 Å². The van der Waals surface area contributed by atoms with E-state index in [-0.39, 0.29) is 22.6 Å². The number of halogens is 3. The molecule has 1 aliphatic rings. The van der Waals surface area contributed by atoms with Crippen LogP contribution in [0.3, 0.4) is 0 Å². The molecule has 1 atom stereocenters. The molecule has 1 aromatic heterocycles. The summed E-state index contributed by atoms with van der Waals surface area (Å²) in [4.78, 5) is 42.2. The van der Waals surface area contributed by atoms with Crippen LogP contribution in [-0.2, 0) is 4.79 Å². The van der Waals surface area contributed by atoms with Gasteiger partial charge >= 0.3 is 6.36 Å². The van der Waals surface area contributed by atoms with E-state index in [0.717, 1.165) is 25.1 Å². The van der Waals surface area contributed by atoms with Crippen LogP contribution >= 0.6 is 11.8 Å². The molecule has 2 amide bonds. The summed E-state index contributed by atoms with van der Waals surface area (Å²) < 4.78 is 46.9. The highest BCUT2D eigenvalue weighted by Gasteiger charge is 2.43. The summed E-state index contributed by atoms with van der Waals surface area (Å²) in [7, 11) is 3.88. The van der Waals surface area contributed by atoms with Gasteiger partial charge in [0.2, 0.25) is 11.7 Å². The van der Waals surface area contributed by atoms with Gasteiger partial charge in [-0.25, -0.2) is 0 Å². The highest BCUT2D eigenvalue weighted by atomic mass is 32.2. The average Bonchev–Trinajstić information content (AvgIpc) is 3.36. The van der Waals surface area contributed by atoms with E-state index in [9.17, 15) is 27.6 Å². The number of benzene rings is 1. The van der Waals surface area contributed by atoms with Gasteiger partial charge in [-0.3, -0.25) is 14.4 Å². The second kappa shape index (κ2) is 14.2. The van der Waals surface area contributed by atoms with E-state index in [0.29, 0.717) is 37.9 Å². The first-order chi connectivity index (χ1) is 19.3. The molecule has 0 saturated heterocycles. The van der Waals surface area contributed by atoms with Crippen LogP contribution in [0.2, 0.25) is 0 Å². The number of Topliss-reactive ketones (excluding diaryl/α,β-unsaturated/α-hetero) is 1. The molecule has 1 saturated carbocycles. The van der Waals surface area contributed by atoms with Crippen LogP contribution in [0, 0.1) is 5.92 Å². The molecule has 1 heterocycles. The monoisotopic (exact) mass is 599 g/mol. The first kappa shape index (κ1) is 32.4. The van der Waals surface area contributed by atoms with Gasteiger partial charge in [-0.05, 0) is 63.5 Å². The lowest BCUT2D eigenvalue weighted by atomic mass is 9.80. The number of thioether (sulfide) groups is 1. The predicted molar refractivity (Wildman–Crippen MR) is 146 cm³/mol. The number of carbonyl (C=O) groups excluding carboxylic acids is 3. The number of carbonyl (C=O) groups is 3. The van der Waals surface area contributed by atoms with E-state index in [2.05, 4.69) is 25.6 Å². The number of nitrogens with one attached hydrogen (secondary N) is 2. The first-order valence-corrected chi connectivity index (χ1v) is 14.4. The van der Waals surface area contributed by atoms with Gasteiger partial charge < -0.3 is 24.7 Å². The van der Waals surface area contributed by atoms with Crippen LogP contribution in [0.15, 0.2) is 33.9 Å². The second-order valence-corrected chi connectivity index (χ2v) is 11.8. The van der Waals surface area contributed by atoms with E-state index >= 15 is 0 Å². The van der Waals surface area contributed by atoms with E-state index < -0.39 is 41.3 Å². The van der Waals surface area contributed by atoms with Crippen molar-refractivity contribution >= 4 is 29.4 Å². The minimum atomic E-state index is -4.86. The van der Waals surface area contributed by atoms with Gasteiger partial charge in [-0.1, -0.05) is 44.9 Å². The molecule has 0 radical (unpaired) electrons. The predicted octanol–water partition coefficient (Wildman–Crippen LogP) is 4.47. The van der Waals surface area contributed by atoms with Gasteiger partial charge in [0, 0.05) is 17.9 Å². The number of nitrogens with zero attached hydrogens (tertiary/aromatic N) is 3. The van der Waals surface area contributed by atoms with Crippen LogP contribution in [0.25, 0.3) is 0 Å². The fraction of sp³-hybridized carbons (Fsp3) is 0.593. The zero-order valence-electron chi connectivity index (χ0n) is 23.5. The van der Waals surface area contributed by atoms with Gasteiger partial charge in [0.15, 0.2) is 0 Å². The first-order valence-electron chi connectivity index (χ1n) is 13.4. The number of rotatable bonds is 13. The topological polar surface area (TPSA) is 127 Å². The fourth-order valence-electron chi connectivity index (χ4n) is 4.49. The molecule has 1 aliphatic carbocycles. The van der Waals surface area contributed by atoms with Crippen molar-refractivity contribution in [1.82, 2.24) is 25.7 Å². The average molecular weight is 600 g/mol. The van der Waals surface area contributed by atoms with Crippen molar-refractivity contribution in [3.63, 3.8) is 0 Å². The highest BCUT2D eigenvalue weighted by Crippen LogP contribution is 2.30. The Hall–Kier alpha value is -3.13. The molecule has 14 heteroatoms. The van der Waals surface area contributed by atoms with Crippen LogP contribution < -0.4 is 15.4 Å². The van der Waals surface area contributed by atoms with E-state index in [1.165, 1.54) is 23.9 Å². The lowest BCUT2D eigenvalue weighted by Gasteiger charge is -2.37. The molecular formula is C27H36F3N5O5S. The maximum atomic E-state index is 13.7. The largest absolute Gasteiger partial charge is 0.573 e. The maximum absolute atomic E-state index is 13.7. The van der Waals surface area contributed by atoms with E-state index in [1.54, 1.807) is 0 Å². The summed E-state index contributed by atoms with van der Waals surface area (Å²) in [6, 6.07) is 3.49. The van der Waals surface area contributed by atoms with Crippen molar-refractivity contribution in [3.05, 3.63) is 35.7 Å². The highest BCUT2D eigenvalue weighted by molar-refractivity contribution is 7.99. The Morgan fingerprint density at radius 1 is 1.10 bits per heavy atom. The molecule has 226 valence electrons. The quantitative estimate of drug-likeness (QED) is 0.253. The zero-order chi connectivity index (χ0) is 30.2. The van der Waals surface area contributed by atoms with Crippen molar-refractivity contribution in [2.45, 2.75) is 75.5 Å². The van der Waals surface area contributed by atoms with Crippen LogP contribution in [-0.4, -0.2) is 77.0 Å². The number of ether oxygens (including phenoxy) is 1. The lowest BCUT2D eigenvalue weighted by Crippen LogP contribution is -2.62. The molecule has 2 aromatic rings. The molecule has 0 aliphatic heterocycles. The molecule has 1 aromatic carbocycles. The van der Waals surface area contributed by atoms with Gasteiger partial charge in [-0.2, -0.15) is 0 Å².